The molecule has 0 aliphatic heterocycles. The fourth-order valence-corrected chi connectivity index (χ4v) is 2.93. The van der Waals surface area contributed by atoms with Crippen molar-refractivity contribution in [2.24, 2.45) is 17.3 Å². The van der Waals surface area contributed by atoms with Gasteiger partial charge in [0, 0.05) is 12.1 Å². The van der Waals surface area contributed by atoms with E-state index in [9.17, 15) is 14.7 Å². The summed E-state index contributed by atoms with van der Waals surface area (Å²) in [5.74, 6) is -1.08. The highest BCUT2D eigenvalue weighted by molar-refractivity contribution is 5.88. The van der Waals surface area contributed by atoms with Crippen molar-refractivity contribution in [3.05, 3.63) is 24.3 Å². The molecule has 0 saturated heterocycles. The van der Waals surface area contributed by atoms with Crippen LogP contribution in [0.5, 0.6) is 0 Å². The van der Waals surface area contributed by atoms with Crippen molar-refractivity contribution in [3.8, 4) is 0 Å². The number of nitrogens with one attached hydrogen (secondary N) is 1. The second-order valence-corrected chi connectivity index (χ2v) is 6.08. The minimum Gasteiger partial charge on any atom is -0.481 e. The first-order chi connectivity index (χ1) is 9.30. The van der Waals surface area contributed by atoms with E-state index < -0.39 is 5.97 Å². The monoisotopic (exact) mass is 279 g/mol. The van der Waals surface area contributed by atoms with E-state index in [2.05, 4.69) is 5.32 Å². The summed E-state index contributed by atoms with van der Waals surface area (Å²) in [6.45, 7) is 7.87. The maximum absolute atomic E-state index is 11.8. The molecule has 0 aromatic carbocycles. The number of carboxylic acid groups (broad SMARTS) is 1. The van der Waals surface area contributed by atoms with Gasteiger partial charge in [-0.3, -0.25) is 9.59 Å². The van der Waals surface area contributed by atoms with Crippen LogP contribution < -0.4 is 5.32 Å². The van der Waals surface area contributed by atoms with Crippen molar-refractivity contribution >= 4 is 11.9 Å². The third-order valence-corrected chi connectivity index (χ3v) is 4.62. The Morgan fingerprint density at radius 1 is 1.25 bits per heavy atom. The van der Waals surface area contributed by atoms with Gasteiger partial charge in [-0.05, 0) is 31.1 Å². The zero-order valence-electron chi connectivity index (χ0n) is 12.7. The first-order valence-corrected chi connectivity index (χ1v) is 7.13. The highest BCUT2D eigenvalue weighted by atomic mass is 16.4. The third-order valence-electron chi connectivity index (χ3n) is 4.62. The van der Waals surface area contributed by atoms with Crippen LogP contribution in [0.1, 0.15) is 40.5 Å². The summed E-state index contributed by atoms with van der Waals surface area (Å²) in [4.78, 5) is 23.1. The molecule has 0 aromatic rings. The van der Waals surface area contributed by atoms with Crippen molar-refractivity contribution in [2.45, 2.75) is 46.6 Å². The Labute approximate surface area is 120 Å². The van der Waals surface area contributed by atoms with E-state index in [0.717, 1.165) is 0 Å². The average Bonchev–Trinajstić information content (AvgIpc) is 2.35. The Morgan fingerprint density at radius 2 is 1.90 bits per heavy atom. The smallest absolute Gasteiger partial charge is 0.307 e. The number of hydrogen-bond acceptors (Lipinski definition) is 2. The first kappa shape index (κ1) is 16.5. The number of carbonyl (C=O) groups is 2. The first-order valence-electron chi connectivity index (χ1n) is 7.13. The van der Waals surface area contributed by atoms with Gasteiger partial charge in [0.1, 0.15) is 0 Å². The highest BCUT2D eigenvalue weighted by Crippen LogP contribution is 2.45. The summed E-state index contributed by atoms with van der Waals surface area (Å²) >= 11 is 0. The van der Waals surface area contributed by atoms with Gasteiger partial charge in [0.15, 0.2) is 0 Å². The summed E-state index contributed by atoms with van der Waals surface area (Å²) < 4.78 is 0. The van der Waals surface area contributed by atoms with Gasteiger partial charge in [0.25, 0.3) is 0 Å². The standard InChI is InChI=1S/C16H25NO3/c1-5-6-7-8-14(18)17-13-10-9-12(15(19)20)16(3,4)11(13)2/h5-8,11-13H,9-10H2,1-4H3,(H,17,18)(H,19,20). The molecule has 20 heavy (non-hydrogen) atoms. The quantitative estimate of drug-likeness (QED) is 0.614. The van der Waals surface area contributed by atoms with Crippen LogP contribution in [-0.2, 0) is 9.59 Å². The maximum Gasteiger partial charge on any atom is 0.307 e. The van der Waals surface area contributed by atoms with Crippen molar-refractivity contribution < 1.29 is 14.7 Å². The van der Waals surface area contributed by atoms with Crippen LogP contribution in [-0.4, -0.2) is 23.0 Å². The van der Waals surface area contributed by atoms with Gasteiger partial charge in [-0.25, -0.2) is 0 Å². The summed E-state index contributed by atoms with van der Waals surface area (Å²) in [7, 11) is 0. The molecule has 3 unspecified atom stereocenters. The van der Waals surface area contributed by atoms with E-state index in [1.54, 1.807) is 12.2 Å². The summed E-state index contributed by atoms with van der Waals surface area (Å²) in [6, 6.07) is 0.0309. The fourth-order valence-electron chi connectivity index (χ4n) is 2.93. The lowest BCUT2D eigenvalue weighted by molar-refractivity contribution is -0.150. The molecule has 0 aromatic heterocycles. The summed E-state index contributed by atoms with van der Waals surface area (Å²) in [5, 5.41) is 12.3. The van der Waals surface area contributed by atoms with E-state index in [1.807, 2.05) is 33.8 Å². The molecule has 112 valence electrons. The van der Waals surface area contributed by atoms with Crippen molar-refractivity contribution in [3.63, 3.8) is 0 Å². The highest BCUT2D eigenvalue weighted by Gasteiger charge is 2.46. The van der Waals surface area contributed by atoms with Crippen LogP contribution in [0, 0.1) is 17.3 Å². The molecule has 0 radical (unpaired) electrons. The number of carbonyl (C=O) groups excluding carboxylic acids is 1. The maximum atomic E-state index is 11.8. The number of allylic oxidation sites excluding steroid dienone is 3. The fraction of sp³-hybridized carbons (Fsp3) is 0.625. The molecule has 2 N–H and O–H groups in total. The largest absolute Gasteiger partial charge is 0.481 e. The SMILES string of the molecule is CC=CC=CC(=O)NC1CCC(C(=O)O)C(C)(C)C1C. The number of aliphatic carboxylic acids is 1. The van der Waals surface area contributed by atoms with E-state index in [1.165, 1.54) is 6.08 Å². The van der Waals surface area contributed by atoms with Gasteiger partial charge in [0.2, 0.25) is 5.91 Å². The second-order valence-electron chi connectivity index (χ2n) is 6.08. The number of carboxylic acids is 1. The molecular formula is C16H25NO3. The Bertz CT molecular complexity index is 423. The molecular weight excluding hydrogens is 254 g/mol. The number of hydrogen-bond donors (Lipinski definition) is 2. The summed E-state index contributed by atoms with van der Waals surface area (Å²) in [6.07, 6.45) is 8.18. The third kappa shape index (κ3) is 3.71. The van der Waals surface area contributed by atoms with Gasteiger partial charge in [-0.1, -0.05) is 39.0 Å². The minimum absolute atomic E-state index is 0.0309. The van der Waals surface area contributed by atoms with Crippen LogP contribution in [0.4, 0.5) is 0 Å². The van der Waals surface area contributed by atoms with Crippen LogP contribution in [0.2, 0.25) is 0 Å². The van der Waals surface area contributed by atoms with Crippen LogP contribution >= 0.6 is 0 Å². The van der Waals surface area contributed by atoms with E-state index in [-0.39, 0.29) is 29.2 Å². The van der Waals surface area contributed by atoms with Crippen LogP contribution in [0.15, 0.2) is 24.3 Å². The second kappa shape index (κ2) is 6.73. The molecule has 1 aliphatic rings. The molecule has 1 amide bonds. The van der Waals surface area contributed by atoms with Crippen molar-refractivity contribution in [1.82, 2.24) is 5.32 Å². The predicted octanol–water partition coefficient (Wildman–Crippen LogP) is 2.76. The van der Waals surface area contributed by atoms with Gasteiger partial charge < -0.3 is 10.4 Å². The van der Waals surface area contributed by atoms with E-state index in [0.29, 0.717) is 12.8 Å². The molecule has 0 heterocycles. The lowest BCUT2D eigenvalue weighted by Gasteiger charge is -2.46. The Morgan fingerprint density at radius 3 is 2.45 bits per heavy atom. The lowest BCUT2D eigenvalue weighted by atomic mass is 9.61. The van der Waals surface area contributed by atoms with Crippen molar-refractivity contribution in [1.29, 1.82) is 0 Å². The molecule has 1 fully saturated rings. The number of rotatable bonds is 4. The Hall–Kier alpha value is -1.58. The lowest BCUT2D eigenvalue weighted by Crippen LogP contribution is -2.52. The molecule has 1 saturated carbocycles. The van der Waals surface area contributed by atoms with Crippen molar-refractivity contribution in [2.75, 3.05) is 0 Å². The molecule has 1 rings (SSSR count). The average molecular weight is 279 g/mol. The van der Waals surface area contributed by atoms with Crippen LogP contribution in [0.25, 0.3) is 0 Å². The Kier molecular flexibility index (Phi) is 5.54. The van der Waals surface area contributed by atoms with Gasteiger partial charge in [0.05, 0.1) is 5.92 Å². The minimum atomic E-state index is -0.736. The topological polar surface area (TPSA) is 66.4 Å². The van der Waals surface area contributed by atoms with Gasteiger partial charge >= 0.3 is 5.97 Å². The molecule has 0 spiro atoms. The molecule has 0 bridgehead atoms. The summed E-state index contributed by atoms with van der Waals surface area (Å²) in [5.41, 5.74) is -0.324. The molecule has 4 nitrogen and oxygen atoms in total. The van der Waals surface area contributed by atoms with Gasteiger partial charge in [-0.15, -0.1) is 0 Å². The molecule has 4 heteroatoms. The van der Waals surface area contributed by atoms with E-state index in [4.69, 9.17) is 0 Å². The molecule has 1 aliphatic carbocycles. The molecule has 3 atom stereocenters. The Balaban J connectivity index is 2.71. The van der Waals surface area contributed by atoms with Gasteiger partial charge in [-0.2, -0.15) is 0 Å². The van der Waals surface area contributed by atoms with Crippen LogP contribution in [0.3, 0.4) is 0 Å². The normalized spacial score (nSPS) is 29.7. The van der Waals surface area contributed by atoms with E-state index >= 15 is 0 Å². The zero-order chi connectivity index (χ0) is 15.3. The predicted molar refractivity (Wildman–Crippen MR) is 79.2 cm³/mol. The zero-order valence-corrected chi connectivity index (χ0v) is 12.7. The number of amides is 1.